The average molecular weight is 390 g/mol. The standard InChI is InChI=1S/C19H17ClFN3O3/c20-14-2-1-3-16(10-14)22-17(25)12-24-9-8-23(18(26)19(24)27)11-13-4-6-15(21)7-5-13/h1-7,10H,8-9,11-12H2,(H,22,25). The number of piperazine rings is 1. The number of anilines is 1. The lowest BCUT2D eigenvalue weighted by molar-refractivity contribution is -0.157. The van der Waals surface area contributed by atoms with Gasteiger partial charge in [-0.1, -0.05) is 29.8 Å². The van der Waals surface area contributed by atoms with Gasteiger partial charge < -0.3 is 15.1 Å². The van der Waals surface area contributed by atoms with Gasteiger partial charge in [-0.25, -0.2) is 4.39 Å². The zero-order valence-corrected chi connectivity index (χ0v) is 15.1. The molecule has 8 heteroatoms. The lowest BCUT2D eigenvalue weighted by Crippen LogP contribution is -2.55. The second-order valence-electron chi connectivity index (χ2n) is 6.14. The van der Waals surface area contributed by atoms with Crippen LogP contribution in [0.5, 0.6) is 0 Å². The van der Waals surface area contributed by atoms with Crippen LogP contribution in [0, 0.1) is 5.82 Å². The van der Waals surface area contributed by atoms with Crippen LogP contribution in [0.1, 0.15) is 5.56 Å². The fraction of sp³-hybridized carbons (Fsp3) is 0.211. The molecule has 1 heterocycles. The van der Waals surface area contributed by atoms with Gasteiger partial charge in [-0.15, -0.1) is 0 Å². The molecule has 2 aromatic carbocycles. The van der Waals surface area contributed by atoms with Gasteiger partial charge >= 0.3 is 11.8 Å². The number of nitrogens with zero attached hydrogens (tertiary/aromatic N) is 2. The van der Waals surface area contributed by atoms with Crippen LogP contribution in [-0.4, -0.2) is 47.2 Å². The van der Waals surface area contributed by atoms with Crippen molar-refractivity contribution in [3.05, 3.63) is 64.9 Å². The van der Waals surface area contributed by atoms with Crippen LogP contribution in [0.15, 0.2) is 48.5 Å². The summed E-state index contributed by atoms with van der Waals surface area (Å²) < 4.78 is 13.0. The number of halogens is 2. The van der Waals surface area contributed by atoms with Gasteiger partial charge in [-0.2, -0.15) is 0 Å². The highest BCUT2D eigenvalue weighted by Crippen LogP contribution is 2.15. The van der Waals surface area contributed by atoms with E-state index in [9.17, 15) is 18.8 Å². The summed E-state index contributed by atoms with van der Waals surface area (Å²) in [7, 11) is 0. The molecule has 3 amide bonds. The highest BCUT2D eigenvalue weighted by atomic mass is 35.5. The van der Waals surface area contributed by atoms with Crippen LogP contribution in [0.4, 0.5) is 10.1 Å². The van der Waals surface area contributed by atoms with Crippen LogP contribution in [0.2, 0.25) is 5.02 Å². The summed E-state index contributed by atoms with van der Waals surface area (Å²) in [6.07, 6.45) is 0. The Morgan fingerprint density at radius 3 is 2.41 bits per heavy atom. The molecule has 1 N–H and O–H groups in total. The minimum atomic E-state index is -0.732. The predicted molar refractivity (Wildman–Crippen MR) is 98.5 cm³/mol. The van der Waals surface area contributed by atoms with E-state index in [0.717, 1.165) is 5.56 Å². The van der Waals surface area contributed by atoms with Gasteiger partial charge in [-0.3, -0.25) is 14.4 Å². The fourth-order valence-electron chi connectivity index (χ4n) is 2.77. The summed E-state index contributed by atoms with van der Waals surface area (Å²) in [5, 5.41) is 3.12. The topological polar surface area (TPSA) is 69.7 Å². The Hall–Kier alpha value is -2.93. The predicted octanol–water partition coefficient (Wildman–Crippen LogP) is 2.29. The minimum absolute atomic E-state index is 0.216. The zero-order chi connectivity index (χ0) is 19.4. The summed E-state index contributed by atoms with van der Waals surface area (Å²) in [5.41, 5.74) is 1.24. The van der Waals surface area contributed by atoms with E-state index in [0.29, 0.717) is 17.3 Å². The van der Waals surface area contributed by atoms with E-state index in [1.807, 2.05) is 0 Å². The van der Waals surface area contributed by atoms with Crippen LogP contribution >= 0.6 is 11.6 Å². The fourth-order valence-corrected chi connectivity index (χ4v) is 2.96. The molecule has 0 aromatic heterocycles. The van der Waals surface area contributed by atoms with Crippen molar-refractivity contribution in [3.63, 3.8) is 0 Å². The van der Waals surface area contributed by atoms with Gasteiger partial charge in [0.15, 0.2) is 0 Å². The second-order valence-corrected chi connectivity index (χ2v) is 6.57. The maximum atomic E-state index is 13.0. The van der Waals surface area contributed by atoms with Crippen molar-refractivity contribution in [2.45, 2.75) is 6.54 Å². The number of nitrogens with one attached hydrogen (secondary N) is 1. The highest BCUT2D eigenvalue weighted by Gasteiger charge is 2.33. The first-order valence-electron chi connectivity index (χ1n) is 8.30. The molecule has 1 fully saturated rings. The maximum Gasteiger partial charge on any atom is 0.312 e. The second kappa shape index (κ2) is 8.18. The number of rotatable bonds is 5. The first-order valence-corrected chi connectivity index (χ1v) is 8.68. The van der Waals surface area contributed by atoms with Gasteiger partial charge in [0.25, 0.3) is 0 Å². The molecule has 0 spiro atoms. The summed E-state index contributed by atoms with van der Waals surface area (Å²) in [5.74, 6) is -2.19. The van der Waals surface area contributed by atoms with E-state index in [2.05, 4.69) is 5.32 Å². The van der Waals surface area contributed by atoms with Crippen LogP contribution < -0.4 is 5.32 Å². The van der Waals surface area contributed by atoms with Gasteiger partial charge in [-0.05, 0) is 35.9 Å². The molecule has 0 unspecified atom stereocenters. The molecule has 0 atom stereocenters. The van der Waals surface area contributed by atoms with Gasteiger partial charge in [0.1, 0.15) is 12.4 Å². The van der Waals surface area contributed by atoms with Gasteiger partial charge in [0, 0.05) is 30.3 Å². The van der Waals surface area contributed by atoms with Crippen molar-refractivity contribution < 1.29 is 18.8 Å². The van der Waals surface area contributed by atoms with Gasteiger partial charge in [0.2, 0.25) is 5.91 Å². The molecule has 0 aliphatic carbocycles. The zero-order valence-electron chi connectivity index (χ0n) is 14.3. The van der Waals surface area contributed by atoms with E-state index in [4.69, 9.17) is 11.6 Å². The molecule has 0 bridgehead atoms. The highest BCUT2D eigenvalue weighted by molar-refractivity contribution is 6.35. The van der Waals surface area contributed by atoms with Crippen molar-refractivity contribution >= 4 is 35.0 Å². The average Bonchev–Trinajstić information content (AvgIpc) is 2.63. The Bertz CT molecular complexity index is 873. The Morgan fingerprint density at radius 1 is 1.04 bits per heavy atom. The minimum Gasteiger partial charge on any atom is -0.328 e. The Morgan fingerprint density at radius 2 is 1.70 bits per heavy atom. The monoisotopic (exact) mass is 389 g/mol. The quantitative estimate of drug-likeness (QED) is 0.798. The summed E-state index contributed by atoms with van der Waals surface area (Å²) >= 11 is 5.87. The third-order valence-corrected chi connectivity index (χ3v) is 4.36. The van der Waals surface area contributed by atoms with E-state index in [-0.39, 0.29) is 25.5 Å². The summed E-state index contributed by atoms with van der Waals surface area (Å²) in [6, 6.07) is 12.4. The number of carbonyl (C=O) groups is 3. The van der Waals surface area contributed by atoms with Crippen molar-refractivity contribution in [2.75, 3.05) is 25.0 Å². The van der Waals surface area contributed by atoms with E-state index in [1.165, 1.54) is 21.9 Å². The molecule has 3 rings (SSSR count). The number of carbonyl (C=O) groups excluding carboxylic acids is 3. The molecule has 1 aliphatic rings. The maximum absolute atomic E-state index is 13.0. The molecule has 140 valence electrons. The molecule has 6 nitrogen and oxygen atoms in total. The van der Waals surface area contributed by atoms with Crippen LogP contribution in [0.3, 0.4) is 0 Å². The summed E-state index contributed by atoms with van der Waals surface area (Å²) in [4.78, 5) is 39.3. The Kier molecular flexibility index (Phi) is 5.71. The van der Waals surface area contributed by atoms with E-state index < -0.39 is 17.7 Å². The molecule has 1 saturated heterocycles. The van der Waals surface area contributed by atoms with Crippen LogP contribution in [0.25, 0.3) is 0 Å². The number of hydrogen-bond acceptors (Lipinski definition) is 3. The SMILES string of the molecule is O=C(CN1CCN(Cc2ccc(F)cc2)C(=O)C1=O)Nc1cccc(Cl)c1. The molecule has 0 saturated carbocycles. The lowest BCUT2D eigenvalue weighted by atomic mass is 10.2. The number of benzene rings is 2. The lowest BCUT2D eigenvalue weighted by Gasteiger charge is -2.33. The van der Waals surface area contributed by atoms with Crippen molar-refractivity contribution in [2.24, 2.45) is 0 Å². The third kappa shape index (κ3) is 4.83. The van der Waals surface area contributed by atoms with Crippen molar-refractivity contribution in [1.82, 2.24) is 9.80 Å². The van der Waals surface area contributed by atoms with Crippen molar-refractivity contribution in [1.29, 1.82) is 0 Å². The molecular weight excluding hydrogens is 373 g/mol. The molecule has 1 aliphatic heterocycles. The summed E-state index contributed by atoms with van der Waals surface area (Å²) in [6.45, 7) is 0.538. The largest absolute Gasteiger partial charge is 0.328 e. The van der Waals surface area contributed by atoms with E-state index >= 15 is 0 Å². The number of amides is 3. The normalized spacial score (nSPS) is 14.4. The molecule has 2 aromatic rings. The smallest absolute Gasteiger partial charge is 0.312 e. The first-order chi connectivity index (χ1) is 12.9. The third-order valence-electron chi connectivity index (χ3n) is 4.13. The van der Waals surface area contributed by atoms with Crippen molar-refractivity contribution in [3.8, 4) is 0 Å². The molecule has 27 heavy (non-hydrogen) atoms. The Balaban J connectivity index is 1.56. The van der Waals surface area contributed by atoms with E-state index in [1.54, 1.807) is 36.4 Å². The van der Waals surface area contributed by atoms with Gasteiger partial charge in [0.05, 0.1) is 0 Å². The van der Waals surface area contributed by atoms with Crippen LogP contribution in [-0.2, 0) is 20.9 Å². The molecular formula is C19H17ClFN3O3. The first kappa shape index (κ1) is 18.8. The Labute approximate surface area is 160 Å². The molecule has 0 radical (unpaired) electrons. The number of hydrogen-bond donors (Lipinski definition) is 1.